The van der Waals surface area contributed by atoms with Crippen molar-refractivity contribution in [2.75, 3.05) is 11.9 Å². The van der Waals surface area contributed by atoms with E-state index in [1.807, 2.05) is 24.3 Å². The van der Waals surface area contributed by atoms with Gasteiger partial charge in [0.2, 0.25) is 0 Å². The molecule has 3 N–H and O–H groups in total. The number of hydrogen-bond acceptors (Lipinski definition) is 4. The van der Waals surface area contributed by atoms with Crippen molar-refractivity contribution < 1.29 is 14.3 Å². The van der Waals surface area contributed by atoms with Crippen molar-refractivity contribution in [1.82, 2.24) is 5.32 Å². The lowest BCUT2D eigenvalue weighted by Crippen LogP contribution is -2.32. The van der Waals surface area contributed by atoms with E-state index in [9.17, 15) is 9.90 Å². The van der Waals surface area contributed by atoms with Crippen molar-refractivity contribution >= 4 is 44.1 Å². The zero-order chi connectivity index (χ0) is 15.5. The highest BCUT2D eigenvalue weighted by molar-refractivity contribution is 7.23. The molecule has 0 saturated heterocycles. The SMILES string of the molecule is O=C(NCC(O)c1ccco1)Nc1sc2ccccc2c1Cl. The zero-order valence-electron chi connectivity index (χ0n) is 11.4. The van der Waals surface area contributed by atoms with Crippen LogP contribution < -0.4 is 10.6 Å². The molecule has 3 rings (SSSR count). The average molecular weight is 337 g/mol. The number of aliphatic hydroxyl groups excluding tert-OH is 1. The smallest absolute Gasteiger partial charge is 0.319 e. The zero-order valence-corrected chi connectivity index (χ0v) is 12.9. The minimum absolute atomic E-state index is 0.0435. The average Bonchev–Trinajstić information content (AvgIpc) is 3.15. The maximum atomic E-state index is 11.9. The van der Waals surface area contributed by atoms with Gasteiger partial charge in [0.05, 0.1) is 17.8 Å². The molecule has 0 bridgehead atoms. The first kappa shape index (κ1) is 14.9. The van der Waals surface area contributed by atoms with Crippen LogP contribution in [0.25, 0.3) is 10.1 Å². The van der Waals surface area contributed by atoms with Crippen LogP contribution in [0.5, 0.6) is 0 Å². The third kappa shape index (κ3) is 3.09. The number of thiophene rings is 1. The van der Waals surface area contributed by atoms with Crippen LogP contribution in [-0.4, -0.2) is 17.7 Å². The Morgan fingerprint density at radius 2 is 2.14 bits per heavy atom. The van der Waals surface area contributed by atoms with Crippen LogP contribution in [0, 0.1) is 0 Å². The summed E-state index contributed by atoms with van der Waals surface area (Å²) in [5, 5.41) is 17.1. The van der Waals surface area contributed by atoms with Gasteiger partial charge in [-0.3, -0.25) is 5.32 Å². The Hall–Kier alpha value is -2.02. The first-order valence-corrected chi connectivity index (χ1v) is 7.78. The Balaban J connectivity index is 1.62. The van der Waals surface area contributed by atoms with Gasteiger partial charge in [0, 0.05) is 10.1 Å². The van der Waals surface area contributed by atoms with Gasteiger partial charge in [-0.15, -0.1) is 11.3 Å². The summed E-state index contributed by atoms with van der Waals surface area (Å²) >= 11 is 7.65. The van der Waals surface area contributed by atoms with E-state index in [-0.39, 0.29) is 6.54 Å². The number of amides is 2. The van der Waals surface area contributed by atoms with Crippen LogP contribution in [0.4, 0.5) is 9.80 Å². The fraction of sp³-hybridized carbons (Fsp3) is 0.133. The summed E-state index contributed by atoms with van der Waals surface area (Å²) in [4.78, 5) is 11.9. The van der Waals surface area contributed by atoms with Gasteiger partial charge < -0.3 is 14.8 Å². The van der Waals surface area contributed by atoms with Gasteiger partial charge in [0.25, 0.3) is 0 Å². The van der Waals surface area contributed by atoms with E-state index in [1.54, 1.807) is 12.1 Å². The number of carbonyl (C=O) groups is 1. The van der Waals surface area contributed by atoms with Gasteiger partial charge in [-0.05, 0) is 18.2 Å². The van der Waals surface area contributed by atoms with Crippen molar-refractivity contribution in [3.05, 3.63) is 53.4 Å². The number of carbonyl (C=O) groups excluding carboxylic acids is 1. The molecule has 5 nitrogen and oxygen atoms in total. The number of hydrogen-bond donors (Lipinski definition) is 3. The maximum absolute atomic E-state index is 11.9. The predicted molar refractivity (Wildman–Crippen MR) is 87.5 cm³/mol. The molecule has 0 fully saturated rings. The van der Waals surface area contributed by atoms with Gasteiger partial charge in [-0.25, -0.2) is 4.79 Å². The van der Waals surface area contributed by atoms with Gasteiger partial charge in [-0.1, -0.05) is 29.8 Å². The highest BCUT2D eigenvalue weighted by Crippen LogP contribution is 2.39. The van der Waals surface area contributed by atoms with Crippen molar-refractivity contribution in [2.45, 2.75) is 6.10 Å². The van der Waals surface area contributed by atoms with E-state index < -0.39 is 12.1 Å². The van der Waals surface area contributed by atoms with Crippen LogP contribution in [0.3, 0.4) is 0 Å². The third-order valence-corrected chi connectivity index (χ3v) is 4.68. The first-order valence-electron chi connectivity index (χ1n) is 6.58. The maximum Gasteiger partial charge on any atom is 0.319 e. The van der Waals surface area contributed by atoms with E-state index >= 15 is 0 Å². The van der Waals surface area contributed by atoms with E-state index in [0.29, 0.717) is 15.8 Å². The minimum Gasteiger partial charge on any atom is -0.467 e. The topological polar surface area (TPSA) is 74.5 Å². The number of furan rings is 1. The van der Waals surface area contributed by atoms with Crippen molar-refractivity contribution in [3.63, 3.8) is 0 Å². The number of aliphatic hydroxyl groups is 1. The van der Waals surface area contributed by atoms with E-state index in [0.717, 1.165) is 10.1 Å². The van der Waals surface area contributed by atoms with Gasteiger partial charge in [0.15, 0.2) is 0 Å². The lowest BCUT2D eigenvalue weighted by molar-refractivity contribution is 0.149. The molecular formula is C15H13ClN2O3S. The Kier molecular flexibility index (Phi) is 4.33. The lowest BCUT2D eigenvalue weighted by Gasteiger charge is -2.10. The quantitative estimate of drug-likeness (QED) is 0.674. The van der Waals surface area contributed by atoms with Crippen LogP contribution in [0.15, 0.2) is 47.1 Å². The second kappa shape index (κ2) is 6.39. The minimum atomic E-state index is -0.890. The predicted octanol–water partition coefficient (Wildman–Crippen LogP) is 4.00. The molecule has 0 radical (unpaired) electrons. The summed E-state index contributed by atoms with van der Waals surface area (Å²) in [6, 6.07) is 10.5. The number of nitrogens with one attached hydrogen (secondary N) is 2. The largest absolute Gasteiger partial charge is 0.467 e. The lowest BCUT2D eigenvalue weighted by atomic mass is 10.3. The molecule has 1 atom stereocenters. The molecule has 0 aliphatic heterocycles. The molecule has 7 heteroatoms. The molecule has 0 aliphatic carbocycles. The highest BCUT2D eigenvalue weighted by Gasteiger charge is 2.15. The van der Waals surface area contributed by atoms with Crippen LogP contribution in [-0.2, 0) is 0 Å². The summed E-state index contributed by atoms with van der Waals surface area (Å²) < 4.78 is 6.06. The number of fused-ring (bicyclic) bond motifs is 1. The molecule has 2 amide bonds. The molecule has 0 saturated carbocycles. The molecule has 22 heavy (non-hydrogen) atoms. The molecule has 0 spiro atoms. The molecule has 0 aliphatic rings. The summed E-state index contributed by atoms with van der Waals surface area (Å²) in [6.07, 6.45) is 0.578. The normalized spacial score (nSPS) is 12.3. The molecule has 2 heterocycles. The number of benzene rings is 1. The van der Waals surface area contributed by atoms with Crippen molar-refractivity contribution in [1.29, 1.82) is 0 Å². The van der Waals surface area contributed by atoms with E-state index in [4.69, 9.17) is 16.0 Å². The molecule has 1 aromatic carbocycles. The van der Waals surface area contributed by atoms with Crippen LogP contribution in [0.1, 0.15) is 11.9 Å². The van der Waals surface area contributed by atoms with Gasteiger partial charge in [-0.2, -0.15) is 0 Å². The Morgan fingerprint density at radius 3 is 2.86 bits per heavy atom. The molecular weight excluding hydrogens is 324 g/mol. The molecule has 1 unspecified atom stereocenters. The second-order valence-corrected chi connectivity index (χ2v) is 6.04. The van der Waals surface area contributed by atoms with Gasteiger partial charge >= 0.3 is 6.03 Å². The van der Waals surface area contributed by atoms with Crippen LogP contribution >= 0.6 is 22.9 Å². The molecule has 114 valence electrons. The van der Waals surface area contributed by atoms with Gasteiger partial charge in [0.1, 0.15) is 16.9 Å². The van der Waals surface area contributed by atoms with E-state index in [2.05, 4.69) is 10.6 Å². The Labute approximate surface area is 135 Å². The summed E-state index contributed by atoms with van der Waals surface area (Å²) in [7, 11) is 0. The monoisotopic (exact) mass is 336 g/mol. The first-order chi connectivity index (χ1) is 10.6. The number of halogens is 1. The molecule has 2 aromatic heterocycles. The fourth-order valence-corrected chi connectivity index (χ4v) is 3.39. The third-order valence-electron chi connectivity index (χ3n) is 3.09. The number of anilines is 1. The highest BCUT2D eigenvalue weighted by atomic mass is 35.5. The summed E-state index contributed by atoms with van der Waals surface area (Å²) in [5.41, 5.74) is 0. The second-order valence-electron chi connectivity index (χ2n) is 4.61. The number of urea groups is 1. The molecule has 3 aromatic rings. The van der Waals surface area contributed by atoms with Crippen LogP contribution in [0.2, 0.25) is 5.02 Å². The Morgan fingerprint density at radius 1 is 1.32 bits per heavy atom. The summed E-state index contributed by atoms with van der Waals surface area (Å²) in [6.45, 7) is 0.0435. The van der Waals surface area contributed by atoms with Crippen molar-refractivity contribution in [3.8, 4) is 0 Å². The van der Waals surface area contributed by atoms with Crippen molar-refractivity contribution in [2.24, 2.45) is 0 Å². The fourth-order valence-electron chi connectivity index (χ4n) is 2.01. The number of rotatable bonds is 4. The Bertz CT molecular complexity index is 785. The summed E-state index contributed by atoms with van der Waals surface area (Å²) in [5.74, 6) is 0.403. The van der Waals surface area contributed by atoms with E-state index in [1.165, 1.54) is 17.6 Å². The standard InChI is InChI=1S/C15H13ClN2O3S/c16-13-9-4-1-2-6-12(9)22-14(13)18-15(20)17-8-10(19)11-5-3-7-21-11/h1-7,10,19H,8H2,(H2,17,18,20).